The summed E-state index contributed by atoms with van der Waals surface area (Å²) >= 11 is 18.1. The zero-order valence-corrected chi connectivity index (χ0v) is 16.8. The van der Waals surface area contributed by atoms with E-state index < -0.39 is 0 Å². The van der Waals surface area contributed by atoms with Crippen LogP contribution in [0.15, 0.2) is 71.8 Å². The molecule has 0 fully saturated rings. The molecule has 1 amide bonds. The molecule has 7 heteroatoms. The highest BCUT2D eigenvalue weighted by molar-refractivity contribution is 6.36. The van der Waals surface area contributed by atoms with Crippen molar-refractivity contribution < 1.29 is 9.53 Å². The topological polar surface area (TPSA) is 50.7 Å². The largest absolute Gasteiger partial charge is 0.489 e. The van der Waals surface area contributed by atoms with Gasteiger partial charge in [-0.3, -0.25) is 4.79 Å². The van der Waals surface area contributed by atoms with Crippen LogP contribution >= 0.6 is 34.8 Å². The number of amides is 1. The van der Waals surface area contributed by atoms with E-state index in [1.54, 1.807) is 48.5 Å². The number of carbonyl (C=O) groups is 1. The van der Waals surface area contributed by atoms with Gasteiger partial charge in [0, 0.05) is 26.2 Å². The number of nitrogens with zero attached hydrogens (tertiary/aromatic N) is 1. The second kappa shape index (κ2) is 9.60. The Labute approximate surface area is 177 Å². The van der Waals surface area contributed by atoms with Gasteiger partial charge >= 0.3 is 0 Å². The summed E-state index contributed by atoms with van der Waals surface area (Å²) in [6.07, 6.45) is 1.53. The highest BCUT2D eigenvalue weighted by atomic mass is 35.5. The lowest BCUT2D eigenvalue weighted by atomic mass is 10.2. The summed E-state index contributed by atoms with van der Waals surface area (Å²) in [4.78, 5) is 12.0. The SMILES string of the molecule is O=C(N/N=C/c1cccc(OCc2c(Cl)cccc2Cl)c1)c1ccc(Cl)cc1. The highest BCUT2D eigenvalue weighted by Gasteiger charge is 2.07. The first-order valence-electron chi connectivity index (χ1n) is 8.27. The van der Waals surface area contributed by atoms with Crippen LogP contribution in [-0.4, -0.2) is 12.1 Å². The third-order valence-electron chi connectivity index (χ3n) is 3.79. The van der Waals surface area contributed by atoms with Crippen LogP contribution in [0, 0.1) is 0 Å². The minimum atomic E-state index is -0.325. The standard InChI is InChI=1S/C21H15Cl3N2O2/c22-16-9-7-15(8-10-16)21(27)26-25-12-14-3-1-4-17(11-14)28-13-18-19(23)5-2-6-20(18)24/h1-12H,13H2,(H,26,27)/b25-12+. The second-order valence-electron chi connectivity index (χ2n) is 5.77. The Bertz CT molecular complexity index is 985. The van der Waals surface area contributed by atoms with Gasteiger partial charge in [-0.05, 0) is 54.1 Å². The summed E-state index contributed by atoms with van der Waals surface area (Å²) in [7, 11) is 0. The Morgan fingerprint density at radius 1 is 0.964 bits per heavy atom. The molecule has 0 heterocycles. The average Bonchev–Trinajstić information content (AvgIpc) is 2.68. The smallest absolute Gasteiger partial charge is 0.271 e. The molecule has 4 nitrogen and oxygen atoms in total. The lowest BCUT2D eigenvalue weighted by Crippen LogP contribution is -2.17. The van der Waals surface area contributed by atoms with Gasteiger partial charge in [-0.25, -0.2) is 5.43 Å². The number of hydrogen-bond acceptors (Lipinski definition) is 3. The maximum Gasteiger partial charge on any atom is 0.271 e. The molecular weight excluding hydrogens is 419 g/mol. The van der Waals surface area contributed by atoms with E-state index in [4.69, 9.17) is 39.5 Å². The zero-order valence-electron chi connectivity index (χ0n) is 14.5. The number of nitrogens with one attached hydrogen (secondary N) is 1. The van der Waals surface area contributed by atoms with E-state index in [0.29, 0.717) is 26.4 Å². The van der Waals surface area contributed by atoms with Crippen LogP contribution in [0.4, 0.5) is 0 Å². The van der Waals surface area contributed by atoms with Gasteiger partial charge in [0.25, 0.3) is 5.91 Å². The lowest BCUT2D eigenvalue weighted by Gasteiger charge is -2.09. The Morgan fingerprint density at radius 2 is 1.64 bits per heavy atom. The van der Waals surface area contributed by atoms with E-state index in [0.717, 1.165) is 11.1 Å². The monoisotopic (exact) mass is 432 g/mol. The van der Waals surface area contributed by atoms with E-state index in [9.17, 15) is 4.79 Å². The Balaban J connectivity index is 1.60. The summed E-state index contributed by atoms with van der Waals surface area (Å²) in [5, 5.41) is 5.64. The minimum absolute atomic E-state index is 0.242. The van der Waals surface area contributed by atoms with Crippen molar-refractivity contribution >= 4 is 46.9 Å². The Morgan fingerprint density at radius 3 is 2.36 bits per heavy atom. The first-order chi connectivity index (χ1) is 13.5. The summed E-state index contributed by atoms with van der Waals surface area (Å²) in [6.45, 7) is 0.242. The fourth-order valence-corrected chi connectivity index (χ4v) is 2.97. The zero-order chi connectivity index (χ0) is 19.9. The van der Waals surface area contributed by atoms with Gasteiger partial charge in [-0.2, -0.15) is 5.10 Å². The summed E-state index contributed by atoms with van der Waals surface area (Å²) < 4.78 is 5.77. The molecule has 3 aromatic rings. The quantitative estimate of drug-likeness (QED) is 0.383. The Hall–Kier alpha value is -2.53. The third kappa shape index (κ3) is 5.49. The van der Waals surface area contributed by atoms with Crippen molar-refractivity contribution in [1.29, 1.82) is 0 Å². The van der Waals surface area contributed by atoms with E-state index in [1.807, 2.05) is 18.2 Å². The molecule has 0 saturated heterocycles. The fourth-order valence-electron chi connectivity index (χ4n) is 2.34. The maximum absolute atomic E-state index is 12.0. The van der Waals surface area contributed by atoms with Gasteiger partial charge in [0.05, 0.1) is 6.21 Å². The minimum Gasteiger partial charge on any atom is -0.489 e. The molecule has 3 aromatic carbocycles. The molecule has 0 atom stereocenters. The van der Waals surface area contributed by atoms with Crippen LogP contribution < -0.4 is 10.2 Å². The molecule has 0 aliphatic carbocycles. The molecule has 142 valence electrons. The van der Waals surface area contributed by atoms with E-state index in [2.05, 4.69) is 10.5 Å². The summed E-state index contributed by atoms with van der Waals surface area (Å²) in [5.74, 6) is 0.303. The van der Waals surface area contributed by atoms with Crippen LogP contribution in [0.1, 0.15) is 21.5 Å². The predicted octanol–water partition coefficient (Wildman–Crippen LogP) is 5.99. The van der Waals surface area contributed by atoms with Crippen LogP contribution in [0.5, 0.6) is 5.75 Å². The highest BCUT2D eigenvalue weighted by Crippen LogP contribution is 2.26. The van der Waals surface area contributed by atoms with Crippen molar-refractivity contribution in [2.45, 2.75) is 6.61 Å². The van der Waals surface area contributed by atoms with Crippen LogP contribution in [-0.2, 0) is 6.61 Å². The number of hydrogen-bond donors (Lipinski definition) is 1. The third-order valence-corrected chi connectivity index (χ3v) is 4.75. The van der Waals surface area contributed by atoms with Crippen LogP contribution in [0.2, 0.25) is 15.1 Å². The molecule has 0 bridgehead atoms. The van der Waals surface area contributed by atoms with Crippen molar-refractivity contribution in [2.75, 3.05) is 0 Å². The first kappa shape index (κ1) is 20.2. The fraction of sp³-hybridized carbons (Fsp3) is 0.0476. The molecule has 0 aromatic heterocycles. The van der Waals surface area contributed by atoms with Crippen LogP contribution in [0.3, 0.4) is 0 Å². The molecule has 3 rings (SSSR count). The van der Waals surface area contributed by atoms with Crippen molar-refractivity contribution in [2.24, 2.45) is 5.10 Å². The molecule has 0 saturated carbocycles. The Kier molecular flexibility index (Phi) is 6.93. The number of benzene rings is 3. The van der Waals surface area contributed by atoms with Gasteiger partial charge in [-0.1, -0.05) is 53.0 Å². The van der Waals surface area contributed by atoms with Gasteiger partial charge in [-0.15, -0.1) is 0 Å². The molecule has 1 N–H and O–H groups in total. The summed E-state index contributed by atoms with van der Waals surface area (Å²) in [5.41, 5.74) is 4.42. The molecule has 0 aliphatic heterocycles. The number of carbonyl (C=O) groups excluding carboxylic acids is 1. The predicted molar refractivity (Wildman–Crippen MR) is 114 cm³/mol. The van der Waals surface area contributed by atoms with E-state index >= 15 is 0 Å². The van der Waals surface area contributed by atoms with Gasteiger partial charge < -0.3 is 4.74 Å². The first-order valence-corrected chi connectivity index (χ1v) is 9.41. The molecule has 0 aliphatic rings. The number of rotatable bonds is 6. The van der Waals surface area contributed by atoms with Gasteiger partial charge in [0.2, 0.25) is 0 Å². The van der Waals surface area contributed by atoms with E-state index in [-0.39, 0.29) is 12.5 Å². The summed E-state index contributed by atoms with van der Waals surface area (Å²) in [6, 6.07) is 19.1. The van der Waals surface area contributed by atoms with E-state index in [1.165, 1.54) is 6.21 Å². The normalized spacial score (nSPS) is 10.8. The molecule has 0 radical (unpaired) electrons. The van der Waals surface area contributed by atoms with Crippen molar-refractivity contribution in [3.05, 3.63) is 98.5 Å². The van der Waals surface area contributed by atoms with Gasteiger partial charge in [0.1, 0.15) is 12.4 Å². The van der Waals surface area contributed by atoms with Crippen molar-refractivity contribution in [3.8, 4) is 5.75 Å². The van der Waals surface area contributed by atoms with Crippen molar-refractivity contribution in [1.82, 2.24) is 5.43 Å². The molecule has 0 spiro atoms. The maximum atomic E-state index is 12.0. The van der Waals surface area contributed by atoms with Gasteiger partial charge in [0.15, 0.2) is 0 Å². The lowest BCUT2D eigenvalue weighted by molar-refractivity contribution is 0.0955. The number of halogens is 3. The van der Waals surface area contributed by atoms with Crippen LogP contribution in [0.25, 0.3) is 0 Å². The molecular formula is C21H15Cl3N2O2. The molecule has 28 heavy (non-hydrogen) atoms. The number of ether oxygens (including phenoxy) is 1. The number of hydrazone groups is 1. The van der Waals surface area contributed by atoms with Crippen molar-refractivity contribution in [3.63, 3.8) is 0 Å². The average molecular weight is 434 g/mol. The second-order valence-corrected chi connectivity index (χ2v) is 7.02. The molecule has 0 unspecified atom stereocenters.